The molecule has 8 rings (SSSR count). The van der Waals surface area contributed by atoms with Gasteiger partial charge in [-0.05, 0) is 92.3 Å². The largest absolute Gasteiger partial charge is 0.463 e. The molecule has 1 amide bonds. The molecular formula is C36H39FN6O2. The van der Waals surface area contributed by atoms with Crippen molar-refractivity contribution in [2.24, 2.45) is 11.3 Å². The molecule has 5 aliphatic rings. The van der Waals surface area contributed by atoms with Gasteiger partial charge in [0.15, 0.2) is 5.82 Å². The van der Waals surface area contributed by atoms with Gasteiger partial charge in [-0.15, -0.1) is 0 Å². The normalized spacial score (nSPS) is 24.7. The van der Waals surface area contributed by atoms with E-state index in [0.29, 0.717) is 54.8 Å². The van der Waals surface area contributed by atoms with Gasteiger partial charge in [-0.1, -0.05) is 30.8 Å². The lowest BCUT2D eigenvalue weighted by Crippen LogP contribution is -2.56. The molecule has 3 aliphatic carbocycles. The van der Waals surface area contributed by atoms with E-state index >= 15 is 4.39 Å². The van der Waals surface area contributed by atoms with Gasteiger partial charge in [-0.25, -0.2) is 11.0 Å². The van der Waals surface area contributed by atoms with Crippen molar-refractivity contribution < 1.29 is 13.9 Å². The summed E-state index contributed by atoms with van der Waals surface area (Å²) in [7, 11) is 0. The van der Waals surface area contributed by atoms with E-state index in [1.807, 2.05) is 18.2 Å². The maximum absolute atomic E-state index is 16.8. The van der Waals surface area contributed by atoms with Crippen LogP contribution in [0.1, 0.15) is 49.1 Å². The van der Waals surface area contributed by atoms with Gasteiger partial charge in [-0.3, -0.25) is 4.79 Å². The molecule has 2 aromatic carbocycles. The third-order valence-electron chi connectivity index (χ3n) is 10.8. The van der Waals surface area contributed by atoms with Crippen LogP contribution in [-0.4, -0.2) is 84.1 Å². The van der Waals surface area contributed by atoms with Crippen molar-refractivity contribution in [3.05, 3.63) is 71.3 Å². The fourth-order valence-electron chi connectivity index (χ4n) is 8.06. The van der Waals surface area contributed by atoms with E-state index in [1.165, 1.54) is 36.5 Å². The minimum atomic E-state index is -0.355. The van der Waals surface area contributed by atoms with Crippen LogP contribution in [0.3, 0.4) is 0 Å². The highest BCUT2D eigenvalue weighted by molar-refractivity contribution is 5.94. The number of piperazine rings is 1. The van der Waals surface area contributed by atoms with E-state index in [1.54, 1.807) is 4.90 Å². The number of hydrogen-bond acceptors (Lipinski definition) is 6. The van der Waals surface area contributed by atoms with Crippen LogP contribution in [0.4, 0.5) is 10.2 Å². The Morgan fingerprint density at radius 1 is 1.13 bits per heavy atom. The first-order valence-electron chi connectivity index (χ1n) is 16.5. The summed E-state index contributed by atoms with van der Waals surface area (Å²) >= 11 is 0. The van der Waals surface area contributed by atoms with Crippen molar-refractivity contribution in [3.8, 4) is 17.1 Å². The summed E-state index contributed by atoms with van der Waals surface area (Å²) in [5.74, 6) is 1.37. The number of amides is 1. The fourth-order valence-corrected chi connectivity index (χ4v) is 8.06. The molecule has 4 fully saturated rings. The number of nitrogens with zero attached hydrogens (tertiary/aromatic N) is 6. The van der Waals surface area contributed by atoms with Crippen LogP contribution in [0.5, 0.6) is 6.01 Å². The van der Waals surface area contributed by atoms with Crippen LogP contribution in [-0.2, 0) is 11.2 Å². The van der Waals surface area contributed by atoms with Crippen molar-refractivity contribution in [2.75, 3.05) is 57.3 Å². The number of anilines is 1. The Hall–Kier alpha value is -4.03. The Labute approximate surface area is 263 Å². The fraction of sp³-hybridized carbons (Fsp3) is 0.500. The molecule has 0 radical (unpaired) electrons. The average molecular weight is 607 g/mol. The Kier molecular flexibility index (Phi) is 7.01. The van der Waals surface area contributed by atoms with Crippen LogP contribution in [0.2, 0.25) is 0 Å². The SMILES string of the molecule is [C-]#[N+]C[C@H]1CN(c2nc(OCC3(CN4CCCC4)CC3)nc3c(F)c(-c4cccc5c4C[C@@H]4C[C@H]54)ccc23)CCN1C(=O)C=C. The molecule has 0 spiro atoms. The minimum absolute atomic E-state index is 0.103. The van der Waals surface area contributed by atoms with Crippen LogP contribution in [0.15, 0.2) is 43.0 Å². The third kappa shape index (κ3) is 5.13. The molecule has 3 aromatic rings. The van der Waals surface area contributed by atoms with E-state index in [9.17, 15) is 4.79 Å². The highest BCUT2D eigenvalue weighted by Crippen LogP contribution is 2.58. The average Bonchev–Trinajstić information content (AvgIpc) is 3.91. The smallest absolute Gasteiger partial charge is 0.319 e. The number of hydrogen-bond donors (Lipinski definition) is 0. The second kappa shape index (κ2) is 11.1. The molecular weight excluding hydrogens is 567 g/mol. The summed E-state index contributed by atoms with van der Waals surface area (Å²) < 4.78 is 23.1. The topological polar surface area (TPSA) is 66.2 Å². The number of fused-ring (bicyclic) bond motifs is 4. The summed E-state index contributed by atoms with van der Waals surface area (Å²) in [6, 6.07) is 9.95. The van der Waals surface area contributed by atoms with E-state index in [2.05, 4.69) is 33.4 Å². The van der Waals surface area contributed by atoms with Crippen molar-refractivity contribution in [1.82, 2.24) is 19.8 Å². The molecule has 2 saturated carbocycles. The molecule has 9 heteroatoms. The van der Waals surface area contributed by atoms with Crippen molar-refractivity contribution in [1.29, 1.82) is 0 Å². The first kappa shape index (κ1) is 28.4. The lowest BCUT2D eigenvalue weighted by Gasteiger charge is -2.39. The summed E-state index contributed by atoms with van der Waals surface area (Å²) in [4.78, 5) is 32.1. The van der Waals surface area contributed by atoms with Gasteiger partial charge >= 0.3 is 6.01 Å². The zero-order valence-electron chi connectivity index (χ0n) is 25.7. The maximum atomic E-state index is 16.8. The van der Waals surface area contributed by atoms with Crippen LogP contribution in [0.25, 0.3) is 26.9 Å². The standard InChI is InChI=1S/C36H39FN6O2/c1-3-31(44)43-16-15-42(20-24(43)19-38-2)34-28-10-9-27(25-7-6-8-26-29-17-23(29)18-30(25)26)32(37)33(28)39-35(40-34)45-22-36(11-12-36)21-41-13-4-5-14-41/h3,6-10,23-24,29H,1,4-5,11-22H2/t23-,24-,29-/m0/s1. The zero-order chi connectivity index (χ0) is 30.7. The highest BCUT2D eigenvalue weighted by atomic mass is 19.1. The van der Waals surface area contributed by atoms with Gasteiger partial charge in [0.05, 0.1) is 6.61 Å². The molecule has 3 atom stereocenters. The number of benzene rings is 2. The van der Waals surface area contributed by atoms with Crippen LogP contribution >= 0.6 is 0 Å². The Morgan fingerprint density at radius 3 is 2.76 bits per heavy atom. The predicted octanol–water partition coefficient (Wildman–Crippen LogP) is 5.47. The monoisotopic (exact) mass is 606 g/mol. The molecule has 0 unspecified atom stereocenters. The van der Waals surface area contributed by atoms with Crippen molar-refractivity contribution >= 4 is 22.6 Å². The lowest BCUT2D eigenvalue weighted by molar-refractivity contribution is -0.128. The van der Waals surface area contributed by atoms with E-state index < -0.39 is 0 Å². The summed E-state index contributed by atoms with van der Waals surface area (Å²) in [5, 5.41) is 0.613. The molecule has 232 valence electrons. The number of halogens is 1. The number of likely N-dealkylation sites (tertiary alicyclic amines) is 1. The number of ether oxygens (including phenoxy) is 1. The van der Waals surface area contributed by atoms with E-state index in [4.69, 9.17) is 21.3 Å². The second-order valence-electron chi connectivity index (χ2n) is 13.8. The molecule has 3 heterocycles. The number of rotatable bonds is 9. The Balaban J connectivity index is 1.17. The van der Waals surface area contributed by atoms with Gasteiger partial charge in [0.25, 0.3) is 0 Å². The first-order chi connectivity index (χ1) is 22.0. The van der Waals surface area contributed by atoms with E-state index in [-0.39, 0.29) is 41.3 Å². The summed E-state index contributed by atoms with van der Waals surface area (Å²) in [6.45, 7) is 16.5. The van der Waals surface area contributed by atoms with Crippen molar-refractivity contribution in [3.63, 3.8) is 0 Å². The van der Waals surface area contributed by atoms with Crippen LogP contribution < -0.4 is 9.64 Å². The first-order valence-corrected chi connectivity index (χ1v) is 16.5. The molecule has 0 N–H and O–H groups in total. The second-order valence-corrected chi connectivity index (χ2v) is 13.8. The molecule has 45 heavy (non-hydrogen) atoms. The molecule has 0 bridgehead atoms. The lowest BCUT2D eigenvalue weighted by atomic mass is 9.93. The Morgan fingerprint density at radius 2 is 1.98 bits per heavy atom. The molecule has 8 nitrogen and oxygen atoms in total. The predicted molar refractivity (Wildman–Crippen MR) is 172 cm³/mol. The quantitative estimate of drug-likeness (QED) is 0.238. The minimum Gasteiger partial charge on any atom is -0.463 e. The van der Waals surface area contributed by atoms with Gasteiger partial charge in [-0.2, -0.15) is 9.97 Å². The van der Waals surface area contributed by atoms with Crippen molar-refractivity contribution in [2.45, 2.75) is 50.5 Å². The van der Waals surface area contributed by atoms with Gasteiger partial charge in [0.2, 0.25) is 12.5 Å². The Bertz CT molecular complexity index is 1720. The third-order valence-corrected chi connectivity index (χ3v) is 10.8. The molecule has 2 saturated heterocycles. The van der Waals surface area contributed by atoms with Gasteiger partial charge in [0, 0.05) is 42.5 Å². The number of aromatic nitrogens is 2. The number of carbonyl (C=O) groups excluding carboxylic acids is 1. The van der Waals surface area contributed by atoms with E-state index in [0.717, 1.165) is 44.5 Å². The summed E-state index contributed by atoms with van der Waals surface area (Å²) in [5.41, 5.74) is 4.52. The maximum Gasteiger partial charge on any atom is 0.319 e. The van der Waals surface area contributed by atoms with Crippen LogP contribution in [0, 0.1) is 23.7 Å². The van der Waals surface area contributed by atoms with Gasteiger partial charge in [0.1, 0.15) is 17.4 Å². The summed E-state index contributed by atoms with van der Waals surface area (Å²) in [6.07, 6.45) is 8.28. The van der Waals surface area contributed by atoms with Gasteiger partial charge < -0.3 is 24.3 Å². The molecule has 1 aromatic heterocycles. The molecule has 2 aliphatic heterocycles. The highest BCUT2D eigenvalue weighted by Gasteiger charge is 2.46. The number of carbonyl (C=O) groups is 1. The zero-order valence-corrected chi connectivity index (χ0v) is 25.7.